The molecule has 9 heteroatoms. The monoisotopic (exact) mass is 406 g/mol. The Morgan fingerprint density at radius 2 is 1.87 bits per heavy atom. The van der Waals surface area contributed by atoms with E-state index >= 15 is 0 Å². The van der Waals surface area contributed by atoms with Crippen molar-refractivity contribution in [2.45, 2.75) is 40.8 Å². The summed E-state index contributed by atoms with van der Waals surface area (Å²) in [6, 6.07) is 11.9. The maximum atomic E-state index is 12.8. The molecule has 0 saturated heterocycles. The molecule has 0 aliphatic rings. The molecular weight excluding hydrogens is 384 g/mol. The molecule has 0 unspecified atom stereocenters. The van der Waals surface area contributed by atoms with E-state index in [9.17, 15) is 20.2 Å². The molecule has 2 aromatic heterocycles. The molecule has 1 N–H and O–H groups in total. The lowest BCUT2D eigenvalue weighted by Crippen LogP contribution is -2.23. The molecule has 0 aliphatic heterocycles. The highest BCUT2D eigenvalue weighted by molar-refractivity contribution is 5.91. The molecule has 3 rings (SSSR count). The van der Waals surface area contributed by atoms with Crippen LogP contribution in [0.2, 0.25) is 0 Å². The van der Waals surface area contributed by atoms with Gasteiger partial charge in [-0.1, -0.05) is 30.3 Å². The number of hydrogen-bond acceptors (Lipinski definition) is 5. The number of benzene rings is 1. The van der Waals surface area contributed by atoms with Crippen molar-refractivity contribution in [1.82, 2.24) is 14.3 Å². The molecule has 3 aromatic rings. The Morgan fingerprint density at radius 3 is 2.43 bits per heavy atom. The predicted molar refractivity (Wildman–Crippen MR) is 111 cm³/mol. The SMILES string of the molecule is Cc1nn(CC(=O)Nc2c(C#N)c(C)c(C)n2Cc2ccccc2)c(C)c1[N+](=O)[O-]. The number of nitro groups is 1. The average Bonchev–Trinajstić information content (AvgIpc) is 3.09. The zero-order valence-corrected chi connectivity index (χ0v) is 17.3. The van der Waals surface area contributed by atoms with Crippen LogP contribution < -0.4 is 5.32 Å². The molecule has 0 saturated carbocycles. The van der Waals surface area contributed by atoms with Gasteiger partial charge >= 0.3 is 5.69 Å². The zero-order valence-electron chi connectivity index (χ0n) is 17.3. The molecule has 154 valence electrons. The van der Waals surface area contributed by atoms with Gasteiger partial charge in [-0.05, 0) is 38.8 Å². The molecule has 0 spiro atoms. The van der Waals surface area contributed by atoms with E-state index in [4.69, 9.17) is 0 Å². The molecule has 0 fully saturated rings. The second-order valence-electron chi connectivity index (χ2n) is 7.10. The Labute approximate surface area is 173 Å². The number of nitrogens with one attached hydrogen (secondary N) is 1. The van der Waals surface area contributed by atoms with Crippen molar-refractivity contribution >= 4 is 17.4 Å². The standard InChI is InChI=1S/C21H22N6O3/c1-13-15(3)25(11-17-8-6-5-7-9-17)21(18(13)10-22)23-19(28)12-26-16(4)20(27(29)30)14(2)24-26/h5-9H,11-12H2,1-4H3,(H,23,28). The van der Waals surface area contributed by atoms with Crippen LogP contribution in [0.3, 0.4) is 0 Å². The van der Waals surface area contributed by atoms with Crippen LogP contribution >= 0.6 is 0 Å². The van der Waals surface area contributed by atoms with Crippen LogP contribution in [0.1, 0.15) is 33.8 Å². The summed E-state index contributed by atoms with van der Waals surface area (Å²) in [4.78, 5) is 23.4. The number of aryl methyl sites for hydroxylation is 1. The van der Waals surface area contributed by atoms with E-state index in [1.807, 2.05) is 48.7 Å². The van der Waals surface area contributed by atoms with Gasteiger partial charge in [0.05, 0.1) is 10.5 Å². The number of carbonyl (C=O) groups excluding carboxylic acids is 1. The van der Waals surface area contributed by atoms with Gasteiger partial charge in [0.25, 0.3) is 0 Å². The Balaban J connectivity index is 1.92. The van der Waals surface area contributed by atoms with Crippen LogP contribution in [0.15, 0.2) is 30.3 Å². The zero-order chi connectivity index (χ0) is 22.0. The molecule has 0 atom stereocenters. The van der Waals surface area contributed by atoms with Crippen molar-refractivity contribution in [2.24, 2.45) is 0 Å². The lowest BCUT2D eigenvalue weighted by molar-refractivity contribution is -0.386. The number of nitriles is 1. The van der Waals surface area contributed by atoms with Crippen LogP contribution in [0.4, 0.5) is 11.5 Å². The first-order valence-electron chi connectivity index (χ1n) is 9.36. The number of rotatable bonds is 6. The van der Waals surface area contributed by atoms with Gasteiger partial charge < -0.3 is 9.88 Å². The lowest BCUT2D eigenvalue weighted by atomic mass is 10.2. The average molecular weight is 406 g/mol. The third-order valence-electron chi connectivity index (χ3n) is 5.20. The fourth-order valence-electron chi connectivity index (χ4n) is 3.51. The molecule has 30 heavy (non-hydrogen) atoms. The first-order chi connectivity index (χ1) is 14.2. The van der Waals surface area contributed by atoms with Crippen molar-refractivity contribution < 1.29 is 9.72 Å². The van der Waals surface area contributed by atoms with Crippen LogP contribution in [-0.2, 0) is 17.9 Å². The smallest absolute Gasteiger partial charge is 0.312 e. The Bertz CT molecular complexity index is 1170. The van der Waals surface area contributed by atoms with Crippen molar-refractivity contribution in [3.8, 4) is 6.07 Å². The van der Waals surface area contributed by atoms with E-state index in [1.165, 1.54) is 11.6 Å². The normalized spacial score (nSPS) is 10.6. The van der Waals surface area contributed by atoms with Crippen LogP contribution in [0.5, 0.6) is 0 Å². The number of aromatic nitrogens is 3. The highest BCUT2D eigenvalue weighted by atomic mass is 16.6. The summed E-state index contributed by atoms with van der Waals surface area (Å²) in [7, 11) is 0. The summed E-state index contributed by atoms with van der Waals surface area (Å²) < 4.78 is 3.20. The Hall–Kier alpha value is -3.93. The van der Waals surface area contributed by atoms with Gasteiger partial charge in [0, 0.05) is 12.2 Å². The van der Waals surface area contributed by atoms with Crippen LogP contribution in [0, 0.1) is 49.1 Å². The van der Waals surface area contributed by atoms with Crippen molar-refractivity contribution in [3.05, 3.63) is 74.2 Å². The molecule has 1 aromatic carbocycles. The van der Waals surface area contributed by atoms with E-state index in [0.717, 1.165) is 16.8 Å². The maximum Gasteiger partial charge on any atom is 0.312 e. The van der Waals surface area contributed by atoms with Crippen molar-refractivity contribution in [2.75, 3.05) is 5.32 Å². The minimum Gasteiger partial charge on any atom is -0.326 e. The summed E-state index contributed by atoms with van der Waals surface area (Å²) in [5.74, 6) is -0.00352. The topological polar surface area (TPSA) is 119 Å². The quantitative estimate of drug-likeness (QED) is 0.497. The largest absolute Gasteiger partial charge is 0.326 e. The highest BCUT2D eigenvalue weighted by Crippen LogP contribution is 2.28. The molecule has 0 aliphatic carbocycles. The minimum atomic E-state index is -0.502. The van der Waals surface area contributed by atoms with Gasteiger partial charge in [-0.3, -0.25) is 19.6 Å². The second kappa shape index (κ2) is 8.21. The van der Waals surface area contributed by atoms with Gasteiger partial charge in [-0.25, -0.2) is 0 Å². The Kier molecular flexibility index (Phi) is 5.69. The van der Waals surface area contributed by atoms with Gasteiger partial charge in [0.15, 0.2) is 0 Å². The lowest BCUT2D eigenvalue weighted by Gasteiger charge is -2.13. The first kappa shape index (κ1) is 20.8. The fourth-order valence-corrected chi connectivity index (χ4v) is 3.51. The number of hydrogen-bond donors (Lipinski definition) is 1. The third-order valence-corrected chi connectivity index (χ3v) is 5.20. The van der Waals surface area contributed by atoms with Crippen LogP contribution in [0.25, 0.3) is 0 Å². The van der Waals surface area contributed by atoms with E-state index in [0.29, 0.717) is 23.6 Å². The van der Waals surface area contributed by atoms with Gasteiger partial charge in [-0.15, -0.1) is 0 Å². The third kappa shape index (κ3) is 3.80. The second-order valence-corrected chi connectivity index (χ2v) is 7.10. The number of amides is 1. The summed E-state index contributed by atoms with van der Waals surface area (Å²) in [6.07, 6.45) is 0. The molecule has 2 heterocycles. The van der Waals surface area contributed by atoms with Gasteiger partial charge in [-0.2, -0.15) is 10.4 Å². The van der Waals surface area contributed by atoms with Crippen LogP contribution in [-0.4, -0.2) is 25.2 Å². The van der Waals surface area contributed by atoms with Gasteiger partial charge in [0.1, 0.15) is 29.8 Å². The van der Waals surface area contributed by atoms with Crippen molar-refractivity contribution in [3.63, 3.8) is 0 Å². The van der Waals surface area contributed by atoms with E-state index in [1.54, 1.807) is 6.92 Å². The summed E-state index contributed by atoms with van der Waals surface area (Å²) in [6.45, 7) is 7.13. The summed E-state index contributed by atoms with van der Waals surface area (Å²) >= 11 is 0. The molecule has 0 bridgehead atoms. The molecule has 1 amide bonds. The molecule has 9 nitrogen and oxygen atoms in total. The maximum absolute atomic E-state index is 12.8. The fraction of sp³-hybridized carbons (Fsp3) is 0.286. The number of carbonyl (C=O) groups is 1. The first-order valence-corrected chi connectivity index (χ1v) is 9.36. The molecular formula is C21H22N6O3. The van der Waals surface area contributed by atoms with Crippen molar-refractivity contribution in [1.29, 1.82) is 5.26 Å². The predicted octanol–water partition coefficient (Wildman–Crippen LogP) is 3.39. The number of nitrogens with zero attached hydrogens (tertiary/aromatic N) is 5. The Morgan fingerprint density at radius 1 is 1.20 bits per heavy atom. The number of anilines is 1. The summed E-state index contributed by atoms with van der Waals surface area (Å²) in [5, 5.41) is 27.8. The molecule has 0 radical (unpaired) electrons. The van der Waals surface area contributed by atoms with Gasteiger partial charge in [0.2, 0.25) is 5.91 Å². The summed E-state index contributed by atoms with van der Waals surface area (Å²) in [5.41, 5.74) is 3.57. The van der Waals surface area contributed by atoms with E-state index < -0.39 is 10.8 Å². The van der Waals surface area contributed by atoms with E-state index in [-0.39, 0.29) is 17.9 Å². The minimum absolute atomic E-state index is 0.0975. The highest BCUT2D eigenvalue weighted by Gasteiger charge is 2.24. The van der Waals surface area contributed by atoms with E-state index in [2.05, 4.69) is 16.5 Å².